The SMILES string of the molecule is Cc1coc2c1C1NC=NC1c1c-2ccc2c1CCCC2(C)C. The fraction of sp³-hybridized carbons (Fsp3) is 0.450. The van der Waals surface area contributed by atoms with E-state index in [0.29, 0.717) is 0 Å². The lowest BCUT2D eigenvalue weighted by Gasteiger charge is -2.37. The molecule has 23 heavy (non-hydrogen) atoms. The van der Waals surface area contributed by atoms with E-state index in [4.69, 9.17) is 9.41 Å². The second kappa shape index (κ2) is 4.28. The third-order valence-electron chi connectivity index (χ3n) is 5.99. The number of fused-ring (bicyclic) bond motifs is 8. The van der Waals surface area contributed by atoms with Crippen molar-refractivity contribution in [2.45, 2.75) is 57.5 Å². The maximum absolute atomic E-state index is 5.97. The molecule has 3 nitrogen and oxygen atoms in total. The van der Waals surface area contributed by atoms with E-state index in [9.17, 15) is 0 Å². The maximum atomic E-state index is 5.97. The fourth-order valence-electron chi connectivity index (χ4n) is 4.86. The Bertz CT molecular complexity index is 844. The van der Waals surface area contributed by atoms with Crippen LogP contribution in [0, 0.1) is 6.92 Å². The predicted molar refractivity (Wildman–Crippen MR) is 92.0 cm³/mol. The molecular formula is C20H22N2O. The van der Waals surface area contributed by atoms with Crippen molar-refractivity contribution in [3.05, 3.63) is 46.2 Å². The van der Waals surface area contributed by atoms with Crippen molar-refractivity contribution in [3.63, 3.8) is 0 Å². The molecule has 1 aliphatic heterocycles. The van der Waals surface area contributed by atoms with Crippen LogP contribution in [-0.2, 0) is 11.8 Å². The van der Waals surface area contributed by atoms with Crippen LogP contribution in [0.3, 0.4) is 0 Å². The van der Waals surface area contributed by atoms with E-state index in [0.717, 1.165) is 12.2 Å². The second-order valence-electron chi connectivity index (χ2n) is 7.82. The van der Waals surface area contributed by atoms with Gasteiger partial charge in [0.25, 0.3) is 0 Å². The second-order valence-corrected chi connectivity index (χ2v) is 7.82. The molecule has 118 valence electrons. The van der Waals surface area contributed by atoms with E-state index in [2.05, 4.69) is 38.2 Å². The highest BCUT2D eigenvalue weighted by molar-refractivity contribution is 5.77. The summed E-state index contributed by atoms with van der Waals surface area (Å²) in [5, 5.41) is 3.46. The van der Waals surface area contributed by atoms with Crippen LogP contribution in [0.5, 0.6) is 0 Å². The number of furan rings is 1. The topological polar surface area (TPSA) is 37.5 Å². The van der Waals surface area contributed by atoms with Gasteiger partial charge in [-0.05, 0) is 53.9 Å². The smallest absolute Gasteiger partial charge is 0.139 e. The summed E-state index contributed by atoms with van der Waals surface area (Å²) >= 11 is 0. The van der Waals surface area contributed by atoms with Crippen molar-refractivity contribution in [2.24, 2.45) is 4.99 Å². The molecule has 0 saturated heterocycles. The highest BCUT2D eigenvalue weighted by Gasteiger charge is 2.42. The Morgan fingerprint density at radius 3 is 3.00 bits per heavy atom. The summed E-state index contributed by atoms with van der Waals surface area (Å²) in [6.07, 6.45) is 7.46. The molecule has 2 atom stereocenters. The van der Waals surface area contributed by atoms with Crippen molar-refractivity contribution in [1.29, 1.82) is 0 Å². The van der Waals surface area contributed by atoms with Gasteiger partial charge >= 0.3 is 0 Å². The average Bonchev–Trinajstić information content (AvgIpc) is 3.13. The summed E-state index contributed by atoms with van der Waals surface area (Å²) in [7, 11) is 0. The van der Waals surface area contributed by atoms with Crippen molar-refractivity contribution in [2.75, 3.05) is 0 Å². The molecule has 2 aromatic rings. The van der Waals surface area contributed by atoms with Crippen LogP contribution >= 0.6 is 0 Å². The number of nitrogens with zero attached hydrogens (tertiary/aromatic N) is 1. The molecule has 0 radical (unpaired) electrons. The van der Waals surface area contributed by atoms with Crippen LogP contribution in [0.25, 0.3) is 11.3 Å². The quantitative estimate of drug-likeness (QED) is 0.772. The summed E-state index contributed by atoms with van der Waals surface area (Å²) in [6, 6.07) is 5.03. The van der Waals surface area contributed by atoms with E-state index >= 15 is 0 Å². The third-order valence-corrected chi connectivity index (χ3v) is 5.99. The molecule has 1 N–H and O–H groups in total. The summed E-state index contributed by atoms with van der Waals surface area (Å²) in [5.41, 5.74) is 8.46. The first-order valence-corrected chi connectivity index (χ1v) is 8.60. The van der Waals surface area contributed by atoms with E-state index < -0.39 is 0 Å². The fourth-order valence-corrected chi connectivity index (χ4v) is 4.86. The first-order valence-electron chi connectivity index (χ1n) is 8.60. The monoisotopic (exact) mass is 306 g/mol. The van der Waals surface area contributed by atoms with Crippen LogP contribution in [-0.4, -0.2) is 6.34 Å². The normalized spacial score (nSPS) is 26.0. The van der Waals surface area contributed by atoms with Crippen molar-refractivity contribution < 1.29 is 4.42 Å². The molecule has 1 aromatic heterocycles. The number of rotatable bonds is 0. The largest absolute Gasteiger partial charge is 0.464 e. The molecule has 3 aliphatic rings. The van der Waals surface area contributed by atoms with Crippen LogP contribution < -0.4 is 5.32 Å². The Hall–Kier alpha value is -2.03. The minimum Gasteiger partial charge on any atom is -0.464 e. The van der Waals surface area contributed by atoms with Gasteiger partial charge < -0.3 is 9.73 Å². The number of aliphatic imine (C=N–C) groups is 1. The number of nitrogens with one attached hydrogen (secondary N) is 1. The molecule has 0 fully saturated rings. The summed E-state index contributed by atoms with van der Waals surface area (Å²) in [5.74, 6) is 1.04. The Balaban J connectivity index is 1.84. The van der Waals surface area contributed by atoms with Crippen LogP contribution in [0.2, 0.25) is 0 Å². The van der Waals surface area contributed by atoms with Crippen LogP contribution in [0.15, 0.2) is 27.8 Å². The summed E-state index contributed by atoms with van der Waals surface area (Å²) in [4.78, 5) is 4.80. The zero-order valence-corrected chi connectivity index (χ0v) is 13.9. The van der Waals surface area contributed by atoms with Crippen molar-refractivity contribution in [1.82, 2.24) is 5.32 Å². The molecule has 3 heteroatoms. The molecule has 5 rings (SSSR count). The average molecular weight is 306 g/mol. The van der Waals surface area contributed by atoms with Gasteiger partial charge in [0.1, 0.15) is 11.8 Å². The van der Waals surface area contributed by atoms with Crippen LogP contribution in [0.4, 0.5) is 0 Å². The Morgan fingerprint density at radius 2 is 2.13 bits per heavy atom. The van der Waals surface area contributed by atoms with E-state index in [-0.39, 0.29) is 17.5 Å². The van der Waals surface area contributed by atoms with Gasteiger partial charge in [-0.1, -0.05) is 26.0 Å². The zero-order chi connectivity index (χ0) is 15.8. The lowest BCUT2D eigenvalue weighted by molar-refractivity contribution is 0.426. The predicted octanol–water partition coefficient (Wildman–Crippen LogP) is 4.60. The molecule has 0 spiro atoms. The number of hydrogen-bond acceptors (Lipinski definition) is 3. The number of hydrogen-bond donors (Lipinski definition) is 1. The summed E-state index contributed by atoms with van der Waals surface area (Å²) < 4.78 is 5.97. The molecule has 2 heterocycles. The van der Waals surface area contributed by atoms with Gasteiger partial charge in [-0.25, -0.2) is 0 Å². The highest BCUT2D eigenvalue weighted by atomic mass is 16.3. The summed E-state index contributed by atoms with van der Waals surface area (Å²) in [6.45, 7) is 6.87. The lowest BCUT2D eigenvalue weighted by Crippen LogP contribution is -2.28. The molecule has 0 amide bonds. The Morgan fingerprint density at radius 1 is 1.26 bits per heavy atom. The third kappa shape index (κ3) is 1.63. The lowest BCUT2D eigenvalue weighted by atomic mass is 9.68. The van der Waals surface area contributed by atoms with Gasteiger partial charge in [-0.3, -0.25) is 4.99 Å². The van der Waals surface area contributed by atoms with Gasteiger partial charge in [0, 0.05) is 11.1 Å². The van der Waals surface area contributed by atoms with Crippen molar-refractivity contribution in [3.8, 4) is 11.3 Å². The van der Waals surface area contributed by atoms with Gasteiger partial charge in [-0.15, -0.1) is 0 Å². The molecule has 2 aliphatic carbocycles. The van der Waals surface area contributed by atoms with Gasteiger partial charge in [0.15, 0.2) is 0 Å². The maximum Gasteiger partial charge on any atom is 0.139 e. The van der Waals surface area contributed by atoms with E-state index in [1.54, 1.807) is 0 Å². The van der Waals surface area contributed by atoms with Crippen molar-refractivity contribution >= 4 is 6.34 Å². The van der Waals surface area contributed by atoms with Gasteiger partial charge in [-0.2, -0.15) is 0 Å². The molecule has 0 bridgehead atoms. The number of benzene rings is 1. The minimum absolute atomic E-state index is 0.192. The van der Waals surface area contributed by atoms with Gasteiger partial charge in [0.05, 0.1) is 18.6 Å². The Kier molecular flexibility index (Phi) is 2.50. The molecule has 0 saturated carbocycles. The van der Waals surface area contributed by atoms with E-state index in [1.807, 2.05) is 12.6 Å². The molecule has 2 unspecified atom stereocenters. The van der Waals surface area contributed by atoms with E-state index in [1.165, 1.54) is 46.2 Å². The van der Waals surface area contributed by atoms with Crippen LogP contribution in [0.1, 0.15) is 66.6 Å². The Labute approximate surface area is 136 Å². The first kappa shape index (κ1) is 13.4. The molecule has 1 aromatic carbocycles. The first-order chi connectivity index (χ1) is 11.1. The minimum atomic E-state index is 0.192. The van der Waals surface area contributed by atoms with Gasteiger partial charge in [0.2, 0.25) is 0 Å². The zero-order valence-electron chi connectivity index (χ0n) is 13.9. The number of aryl methyl sites for hydroxylation is 1. The molecular weight excluding hydrogens is 284 g/mol. The standard InChI is InChI=1S/C20H22N2O/c1-11-9-23-19-13-6-7-14-12(5-4-8-20(14,2)3)16(13)18-17(15(11)19)21-10-22-18/h6-7,9-10,17-18H,4-5,8H2,1-3H3,(H,21,22). The highest BCUT2D eigenvalue weighted by Crippen LogP contribution is 2.53.